The van der Waals surface area contributed by atoms with Gasteiger partial charge in [0.15, 0.2) is 0 Å². The smallest absolute Gasteiger partial charge is 0.247 e. The van der Waals surface area contributed by atoms with Gasteiger partial charge in [0.25, 0.3) is 0 Å². The molecule has 3 amide bonds. The number of aliphatic hydroxyl groups excluding tert-OH is 1. The zero-order chi connectivity index (χ0) is 31.1. The molecule has 2 unspecified atom stereocenters. The summed E-state index contributed by atoms with van der Waals surface area (Å²) < 4.78 is -1.17. The van der Waals surface area contributed by atoms with Crippen molar-refractivity contribution in [3.05, 3.63) is 25.3 Å². The van der Waals surface area contributed by atoms with Crippen LogP contribution in [-0.4, -0.2) is 90.9 Å². The number of rotatable bonds is 13. The third kappa shape index (κ3) is 5.89. The fraction of sp³-hybridized carbons (Fsp3) is 0.788. The van der Waals surface area contributed by atoms with Crippen molar-refractivity contribution >= 4 is 29.5 Å². The number of hydrogen-bond donors (Lipinski definition) is 1. The summed E-state index contributed by atoms with van der Waals surface area (Å²) in [5, 5.41) is 10.6. The minimum atomic E-state index is -0.762. The molecule has 0 aromatic rings. The Labute approximate surface area is 253 Å². The van der Waals surface area contributed by atoms with Gasteiger partial charge in [0.2, 0.25) is 17.7 Å². The molecule has 3 fully saturated rings. The summed E-state index contributed by atoms with van der Waals surface area (Å²) in [6, 6.07) is -1.28. The minimum absolute atomic E-state index is 0.0178. The molecule has 1 N–H and O–H groups in total. The van der Waals surface area contributed by atoms with Crippen LogP contribution in [0.5, 0.6) is 0 Å². The maximum atomic E-state index is 15.0. The highest BCUT2D eigenvalue weighted by Gasteiger charge is 2.78. The van der Waals surface area contributed by atoms with E-state index in [1.807, 2.05) is 30.6 Å². The molecule has 232 valence electrons. The lowest BCUT2D eigenvalue weighted by atomic mass is 9.66. The number of thioether (sulfide) groups is 1. The Morgan fingerprint density at radius 1 is 1.12 bits per heavy atom. The van der Waals surface area contributed by atoms with E-state index < -0.39 is 39.0 Å². The van der Waals surface area contributed by atoms with Crippen molar-refractivity contribution < 1.29 is 19.5 Å². The molecule has 3 aliphatic heterocycles. The lowest BCUT2D eigenvalue weighted by Crippen LogP contribution is -2.62. The average Bonchev–Trinajstić information content (AvgIpc) is 3.41. The molecular formula is C33H55N3O4S. The second kappa shape index (κ2) is 12.1. The SMILES string of the molecule is C=CCN(CCC)C(=O)[C@H]1[C@H]2C(=O)N([C@@H](CO)C(C)C)C(C(=O)N(CC=C)C(C)(C)CC(C)(C)C)C23CC[C@]1(C)S3. The second-order valence-electron chi connectivity index (χ2n) is 14.8. The number of amides is 3. The van der Waals surface area contributed by atoms with Crippen molar-refractivity contribution in [2.75, 3.05) is 26.2 Å². The van der Waals surface area contributed by atoms with E-state index in [1.165, 1.54) is 0 Å². The van der Waals surface area contributed by atoms with Gasteiger partial charge in [-0.05, 0) is 57.8 Å². The molecule has 0 saturated carbocycles. The quantitative estimate of drug-likeness (QED) is 0.301. The van der Waals surface area contributed by atoms with E-state index in [0.717, 1.165) is 19.3 Å². The van der Waals surface area contributed by atoms with E-state index in [0.29, 0.717) is 26.1 Å². The summed E-state index contributed by atoms with van der Waals surface area (Å²) in [6.45, 7) is 27.8. The van der Waals surface area contributed by atoms with Crippen molar-refractivity contribution in [2.24, 2.45) is 23.2 Å². The van der Waals surface area contributed by atoms with Gasteiger partial charge in [0, 0.05) is 29.9 Å². The highest BCUT2D eigenvalue weighted by Crippen LogP contribution is 2.72. The summed E-state index contributed by atoms with van der Waals surface area (Å²) in [5.41, 5.74) is -0.526. The van der Waals surface area contributed by atoms with E-state index in [-0.39, 0.29) is 35.7 Å². The molecule has 3 saturated heterocycles. The fourth-order valence-electron chi connectivity index (χ4n) is 8.22. The van der Waals surface area contributed by atoms with Gasteiger partial charge in [-0.1, -0.05) is 53.7 Å². The molecule has 0 aromatic carbocycles. The molecule has 6 atom stereocenters. The standard InChI is InChI=1S/C33H55N3O4S/c1-12-17-34(18-13-2)27(38)24-25-28(39)36(23(20-37)22(4)5)26(33(25)16-15-32(24,11)41-33)29(40)35(19-14-3)31(9,10)21-30(6,7)8/h12,14,22-26,37H,1,3,13,15-21H2,2,4-11H3/t23-,24+,25-,26?,32-,33?/m0/s1. The Morgan fingerprint density at radius 3 is 2.22 bits per heavy atom. The Hall–Kier alpha value is -1.80. The van der Waals surface area contributed by atoms with E-state index in [1.54, 1.807) is 28.8 Å². The van der Waals surface area contributed by atoms with Crippen LogP contribution >= 0.6 is 11.8 Å². The molecule has 7 nitrogen and oxygen atoms in total. The third-order valence-corrected chi connectivity index (χ3v) is 11.4. The minimum Gasteiger partial charge on any atom is -0.394 e. The number of hydrogen-bond acceptors (Lipinski definition) is 5. The summed E-state index contributed by atoms with van der Waals surface area (Å²) in [5.74, 6) is -1.48. The van der Waals surface area contributed by atoms with Crippen molar-refractivity contribution in [1.82, 2.24) is 14.7 Å². The molecule has 0 aromatic heterocycles. The summed E-state index contributed by atoms with van der Waals surface area (Å²) >= 11 is 1.69. The van der Waals surface area contributed by atoms with Crippen LogP contribution in [0.2, 0.25) is 0 Å². The lowest BCUT2D eigenvalue weighted by molar-refractivity contribution is -0.150. The molecule has 3 rings (SSSR count). The van der Waals surface area contributed by atoms with Crippen LogP contribution in [0, 0.1) is 23.2 Å². The summed E-state index contributed by atoms with van der Waals surface area (Å²) in [7, 11) is 0. The summed E-state index contributed by atoms with van der Waals surface area (Å²) in [4.78, 5) is 49.3. The third-order valence-electron chi connectivity index (χ3n) is 9.45. The molecule has 0 aliphatic carbocycles. The van der Waals surface area contributed by atoms with Crippen molar-refractivity contribution in [1.29, 1.82) is 0 Å². The predicted octanol–water partition coefficient (Wildman–Crippen LogP) is 5.14. The molecular weight excluding hydrogens is 534 g/mol. The Kier molecular flexibility index (Phi) is 9.91. The number of nitrogens with zero attached hydrogens (tertiary/aromatic N) is 3. The molecule has 41 heavy (non-hydrogen) atoms. The van der Waals surface area contributed by atoms with Gasteiger partial charge in [0.05, 0.1) is 29.2 Å². The number of carbonyl (C=O) groups excluding carboxylic acids is 3. The van der Waals surface area contributed by atoms with Gasteiger partial charge in [-0.15, -0.1) is 24.9 Å². The van der Waals surface area contributed by atoms with Crippen LogP contribution in [0.25, 0.3) is 0 Å². The van der Waals surface area contributed by atoms with E-state index in [9.17, 15) is 19.5 Å². The molecule has 8 heteroatoms. The first-order valence-electron chi connectivity index (χ1n) is 15.4. The normalized spacial score (nSPS) is 30.0. The predicted molar refractivity (Wildman–Crippen MR) is 168 cm³/mol. The number of likely N-dealkylation sites (tertiary alicyclic amines) is 1. The van der Waals surface area contributed by atoms with Gasteiger partial charge < -0.3 is 19.8 Å². The zero-order valence-electron chi connectivity index (χ0n) is 27.0. The van der Waals surface area contributed by atoms with Gasteiger partial charge in [0.1, 0.15) is 6.04 Å². The summed E-state index contributed by atoms with van der Waals surface area (Å²) in [6.07, 6.45) is 6.54. The maximum Gasteiger partial charge on any atom is 0.247 e. The average molecular weight is 590 g/mol. The monoisotopic (exact) mass is 589 g/mol. The van der Waals surface area contributed by atoms with Crippen molar-refractivity contribution in [2.45, 2.75) is 115 Å². The molecule has 2 bridgehead atoms. The van der Waals surface area contributed by atoms with Gasteiger partial charge in [-0.2, -0.15) is 0 Å². The topological polar surface area (TPSA) is 81.2 Å². The van der Waals surface area contributed by atoms with Crippen molar-refractivity contribution in [3.8, 4) is 0 Å². The highest BCUT2D eigenvalue weighted by molar-refractivity contribution is 8.02. The molecule has 1 spiro atoms. The van der Waals surface area contributed by atoms with Crippen molar-refractivity contribution in [3.63, 3.8) is 0 Å². The highest BCUT2D eigenvalue weighted by atomic mass is 32.2. The van der Waals surface area contributed by atoms with Crippen LogP contribution in [-0.2, 0) is 14.4 Å². The number of carbonyl (C=O) groups is 3. The second-order valence-corrected chi connectivity index (χ2v) is 16.7. The number of aliphatic hydroxyl groups is 1. The van der Waals surface area contributed by atoms with Crippen LogP contribution < -0.4 is 0 Å². The first-order valence-corrected chi connectivity index (χ1v) is 16.2. The largest absolute Gasteiger partial charge is 0.394 e. The van der Waals surface area contributed by atoms with E-state index >= 15 is 0 Å². The number of fused-ring (bicyclic) bond motifs is 1. The zero-order valence-corrected chi connectivity index (χ0v) is 27.9. The van der Waals surface area contributed by atoms with Crippen LogP contribution in [0.3, 0.4) is 0 Å². The first kappa shape index (κ1) is 33.7. The van der Waals surface area contributed by atoms with Gasteiger partial charge in [-0.3, -0.25) is 14.4 Å². The molecule has 3 heterocycles. The van der Waals surface area contributed by atoms with E-state index in [2.05, 4.69) is 54.7 Å². The lowest BCUT2D eigenvalue weighted by Gasteiger charge is -2.47. The molecule has 3 aliphatic rings. The van der Waals surface area contributed by atoms with Crippen LogP contribution in [0.4, 0.5) is 0 Å². The Bertz CT molecular complexity index is 1040. The van der Waals surface area contributed by atoms with Gasteiger partial charge in [-0.25, -0.2) is 0 Å². The van der Waals surface area contributed by atoms with Crippen LogP contribution in [0.15, 0.2) is 25.3 Å². The van der Waals surface area contributed by atoms with E-state index in [4.69, 9.17) is 0 Å². The fourth-order valence-corrected chi connectivity index (χ4v) is 10.5. The first-order chi connectivity index (χ1) is 19.0. The maximum absolute atomic E-state index is 15.0. The van der Waals surface area contributed by atoms with Gasteiger partial charge >= 0.3 is 0 Å². The Morgan fingerprint density at radius 2 is 1.73 bits per heavy atom. The van der Waals surface area contributed by atoms with Crippen LogP contribution in [0.1, 0.15) is 88.0 Å². The Balaban J connectivity index is 2.20. The molecule has 0 radical (unpaired) electrons.